The first-order chi connectivity index (χ1) is 15.7. The number of ether oxygens (including phenoxy) is 1. The van der Waals surface area contributed by atoms with Gasteiger partial charge >= 0.3 is 0 Å². The molecule has 1 saturated carbocycles. The summed E-state index contributed by atoms with van der Waals surface area (Å²) in [5.41, 5.74) is 5.86. The Morgan fingerprint density at radius 1 is 1.09 bits per heavy atom. The maximum Gasteiger partial charge on any atom is 0.145 e. The fraction of sp³-hybridized carbons (Fsp3) is 0.633. The second-order valence-electron chi connectivity index (χ2n) is 11.9. The van der Waals surface area contributed by atoms with Crippen LogP contribution in [0.3, 0.4) is 0 Å². The second kappa shape index (κ2) is 11.8. The van der Waals surface area contributed by atoms with Gasteiger partial charge in [0.15, 0.2) is 0 Å². The molecule has 1 aromatic carbocycles. The topological polar surface area (TPSA) is 38.7 Å². The second-order valence-corrected chi connectivity index (χ2v) is 13.8. The normalized spacial score (nSPS) is 22.0. The molecule has 0 bridgehead atoms. The molecule has 2 rings (SSSR count). The van der Waals surface area contributed by atoms with E-state index in [1.54, 1.807) is 0 Å². The molecular formula is C30H47NO2S. The molecule has 0 amide bonds. The van der Waals surface area contributed by atoms with E-state index in [4.69, 9.17) is 4.74 Å². The Morgan fingerprint density at radius 3 is 2.24 bits per heavy atom. The number of benzene rings is 1. The van der Waals surface area contributed by atoms with Gasteiger partial charge in [-0.05, 0) is 114 Å². The minimum atomic E-state index is -1.28. The lowest BCUT2D eigenvalue weighted by Crippen LogP contribution is -2.30. The number of hydrogen-bond donors (Lipinski definition) is 0. The van der Waals surface area contributed by atoms with Gasteiger partial charge in [-0.2, -0.15) is 4.40 Å². The minimum Gasteiger partial charge on any atom is -0.490 e. The first-order valence-electron chi connectivity index (χ1n) is 12.8. The molecular weight excluding hydrogens is 438 g/mol. The third-order valence-corrected chi connectivity index (χ3v) is 8.49. The van der Waals surface area contributed by atoms with E-state index in [0.29, 0.717) is 11.5 Å². The van der Waals surface area contributed by atoms with Crippen LogP contribution in [0.2, 0.25) is 0 Å². The van der Waals surface area contributed by atoms with Gasteiger partial charge in [0.05, 0.1) is 16.6 Å². The predicted octanol–water partition coefficient (Wildman–Crippen LogP) is 8.64. The molecule has 0 aliphatic heterocycles. The Morgan fingerprint density at radius 2 is 1.71 bits per heavy atom. The summed E-state index contributed by atoms with van der Waals surface area (Å²) in [6.07, 6.45) is 10.2. The zero-order chi connectivity index (χ0) is 25.7. The van der Waals surface area contributed by atoms with Gasteiger partial charge in [-0.3, -0.25) is 0 Å². The average Bonchev–Trinajstić information content (AvgIpc) is 2.74. The van der Waals surface area contributed by atoms with Crippen molar-refractivity contribution in [2.24, 2.45) is 15.7 Å². The molecule has 0 saturated heterocycles. The van der Waals surface area contributed by atoms with Crippen LogP contribution in [0.25, 0.3) is 6.08 Å². The van der Waals surface area contributed by atoms with Gasteiger partial charge in [-0.25, -0.2) is 4.21 Å². The van der Waals surface area contributed by atoms with Crippen LogP contribution in [0, 0.1) is 18.3 Å². The van der Waals surface area contributed by atoms with Crippen molar-refractivity contribution in [3.63, 3.8) is 0 Å². The van der Waals surface area contributed by atoms with Crippen LogP contribution in [0.15, 0.2) is 39.8 Å². The average molecular weight is 486 g/mol. The van der Waals surface area contributed by atoms with E-state index in [9.17, 15) is 4.21 Å². The Kier molecular flexibility index (Phi) is 9.94. The number of allylic oxidation sites excluding steroid dienone is 3. The van der Waals surface area contributed by atoms with Gasteiger partial charge in [-0.1, -0.05) is 51.5 Å². The van der Waals surface area contributed by atoms with Crippen LogP contribution in [-0.2, 0) is 11.0 Å². The third-order valence-electron chi connectivity index (χ3n) is 7.01. The summed E-state index contributed by atoms with van der Waals surface area (Å²) in [5, 5.41) is 0. The van der Waals surface area contributed by atoms with Gasteiger partial charge < -0.3 is 4.74 Å². The zero-order valence-electron chi connectivity index (χ0n) is 23.2. The quantitative estimate of drug-likeness (QED) is 0.286. The molecule has 1 unspecified atom stereocenters. The minimum absolute atomic E-state index is 0.303. The van der Waals surface area contributed by atoms with E-state index in [1.807, 2.05) is 27.7 Å². The van der Waals surface area contributed by atoms with Crippen LogP contribution in [0.1, 0.15) is 106 Å². The van der Waals surface area contributed by atoms with Crippen molar-refractivity contribution < 1.29 is 8.95 Å². The molecule has 4 heteroatoms. The van der Waals surface area contributed by atoms with Crippen molar-refractivity contribution in [3.05, 3.63) is 46.5 Å². The molecule has 3 nitrogen and oxygen atoms in total. The summed E-state index contributed by atoms with van der Waals surface area (Å²) in [5.74, 6) is 1.73. The van der Waals surface area contributed by atoms with E-state index in [2.05, 4.69) is 76.3 Å². The Labute approximate surface area is 211 Å². The number of nitrogens with zero attached hydrogens (tertiary/aromatic N) is 1. The molecule has 1 aliphatic rings. The van der Waals surface area contributed by atoms with Gasteiger partial charge in [0.25, 0.3) is 0 Å². The maximum absolute atomic E-state index is 12.6. The van der Waals surface area contributed by atoms with Crippen LogP contribution in [0.4, 0.5) is 0 Å². The highest BCUT2D eigenvalue weighted by atomic mass is 32.2. The van der Waals surface area contributed by atoms with Crippen molar-refractivity contribution in [1.82, 2.24) is 0 Å². The molecule has 0 aromatic heterocycles. The third kappa shape index (κ3) is 8.22. The monoisotopic (exact) mass is 485 g/mol. The number of aryl methyl sites for hydroxylation is 1. The van der Waals surface area contributed by atoms with Gasteiger partial charge in [0.1, 0.15) is 16.7 Å². The van der Waals surface area contributed by atoms with Gasteiger partial charge in [-0.15, -0.1) is 0 Å². The van der Waals surface area contributed by atoms with Crippen molar-refractivity contribution in [2.75, 3.05) is 0 Å². The summed E-state index contributed by atoms with van der Waals surface area (Å²) >= 11 is 0. The van der Waals surface area contributed by atoms with Crippen LogP contribution in [-0.4, -0.2) is 20.8 Å². The summed E-state index contributed by atoms with van der Waals surface area (Å²) in [6, 6.07) is 6.39. The van der Waals surface area contributed by atoms with Crippen molar-refractivity contribution >= 4 is 22.8 Å². The van der Waals surface area contributed by atoms with Crippen molar-refractivity contribution in [1.29, 1.82) is 0 Å². The number of rotatable bonds is 7. The molecule has 0 radical (unpaired) electrons. The lowest BCUT2D eigenvalue weighted by atomic mass is 9.72. The van der Waals surface area contributed by atoms with Crippen LogP contribution in [0.5, 0.6) is 5.75 Å². The van der Waals surface area contributed by atoms with Crippen LogP contribution >= 0.6 is 0 Å². The highest BCUT2D eigenvalue weighted by Gasteiger charge is 2.30. The summed E-state index contributed by atoms with van der Waals surface area (Å²) < 4.78 is 23.2. The van der Waals surface area contributed by atoms with E-state index < -0.39 is 11.0 Å². The molecule has 0 spiro atoms. The zero-order valence-corrected chi connectivity index (χ0v) is 24.1. The summed E-state index contributed by atoms with van der Waals surface area (Å²) in [6.45, 7) is 21.3. The maximum atomic E-state index is 12.6. The smallest absolute Gasteiger partial charge is 0.145 e. The molecule has 0 N–H and O–H groups in total. The van der Waals surface area contributed by atoms with Gasteiger partial charge in [0, 0.05) is 0 Å². The van der Waals surface area contributed by atoms with E-state index in [-0.39, 0.29) is 4.75 Å². The molecule has 1 aromatic rings. The van der Waals surface area contributed by atoms with Crippen LogP contribution < -0.4 is 4.74 Å². The first kappa shape index (κ1) is 28.6. The van der Waals surface area contributed by atoms with Gasteiger partial charge in [0.2, 0.25) is 0 Å². The lowest BCUT2D eigenvalue weighted by Gasteiger charge is -2.37. The van der Waals surface area contributed by atoms with E-state index >= 15 is 0 Å². The van der Waals surface area contributed by atoms with E-state index in [0.717, 1.165) is 47.8 Å². The van der Waals surface area contributed by atoms with Crippen molar-refractivity contribution in [3.8, 4) is 5.75 Å². The highest BCUT2D eigenvalue weighted by molar-refractivity contribution is 7.85. The standard InChI is InChI=1S/C30H47NO2S/c1-11-21(2)28(23(4)31-34(32)30(8,9)10)19-13-24-20-27(16-12-22(24)3)33-26-17-14-25(15-18-26)29(5,6)7/h12-13,16,19-20,25-26H,11,14-15,17-18H2,1-10H3. The molecule has 1 atom stereocenters. The molecule has 1 fully saturated rings. The Balaban J connectivity index is 2.20. The SMILES string of the molecule is CCC(C)=C(C=Cc1cc(OC2CCC(C(C)(C)C)CC2)ccc1C)C(C)=NS(=O)C(C)(C)C. The largest absolute Gasteiger partial charge is 0.490 e. The van der Waals surface area contributed by atoms with Crippen molar-refractivity contribution in [2.45, 2.75) is 112 Å². The Bertz CT molecular complexity index is 949. The molecule has 0 heterocycles. The lowest BCUT2D eigenvalue weighted by molar-refractivity contribution is 0.0882. The highest BCUT2D eigenvalue weighted by Crippen LogP contribution is 2.39. The Hall–Kier alpha value is -1.68. The fourth-order valence-electron chi connectivity index (χ4n) is 4.36. The molecule has 1 aliphatic carbocycles. The predicted molar refractivity (Wildman–Crippen MR) is 150 cm³/mol. The summed E-state index contributed by atoms with van der Waals surface area (Å²) in [7, 11) is -1.28. The molecule has 190 valence electrons. The fourth-order valence-corrected chi connectivity index (χ4v) is 4.98. The molecule has 34 heavy (non-hydrogen) atoms. The first-order valence-corrected chi connectivity index (χ1v) is 14.0. The van der Waals surface area contributed by atoms with E-state index in [1.165, 1.54) is 24.0 Å². The number of hydrogen-bond acceptors (Lipinski definition) is 2. The summed E-state index contributed by atoms with van der Waals surface area (Å²) in [4.78, 5) is 0.